The van der Waals surface area contributed by atoms with Crippen LogP contribution in [0, 0.1) is 0 Å². The molecule has 0 unspecified atom stereocenters. The minimum atomic E-state index is 0.538. The number of aryl methyl sites for hydroxylation is 1. The quantitative estimate of drug-likeness (QED) is 0.914. The van der Waals surface area contributed by atoms with E-state index in [4.69, 9.17) is 11.6 Å². The lowest BCUT2D eigenvalue weighted by molar-refractivity contribution is 1.09. The van der Waals surface area contributed by atoms with E-state index in [-0.39, 0.29) is 0 Å². The molecule has 0 fully saturated rings. The number of nitrogens with one attached hydrogen (secondary N) is 1. The third kappa shape index (κ3) is 2.90. The van der Waals surface area contributed by atoms with Crippen LogP contribution in [0.25, 0.3) is 0 Å². The van der Waals surface area contributed by atoms with Gasteiger partial charge >= 0.3 is 0 Å². The number of aromatic nitrogens is 2. The number of nitrogens with zero attached hydrogens (tertiary/aromatic N) is 2. The maximum atomic E-state index is 5.71. The second kappa shape index (κ2) is 4.92. The Labute approximate surface area is 101 Å². The first-order valence-electron chi connectivity index (χ1n) is 4.56. The molecule has 0 aliphatic rings. The first kappa shape index (κ1) is 10.9. The van der Waals surface area contributed by atoms with Crippen molar-refractivity contribution in [2.75, 3.05) is 5.32 Å². The smallest absolute Gasteiger partial charge is 0.184 e. The fourth-order valence-electron chi connectivity index (χ4n) is 1.08. The van der Waals surface area contributed by atoms with Gasteiger partial charge in [-0.1, -0.05) is 18.5 Å². The van der Waals surface area contributed by atoms with Crippen LogP contribution < -0.4 is 5.32 Å². The molecule has 80 valence electrons. The minimum Gasteiger partial charge on any atom is -0.355 e. The summed E-state index contributed by atoms with van der Waals surface area (Å²) in [6.45, 7) is 2.85. The highest BCUT2D eigenvalue weighted by atomic mass is 35.5. The molecule has 0 atom stereocenters. The van der Waals surface area contributed by atoms with E-state index in [2.05, 4.69) is 22.2 Å². The molecule has 3 nitrogen and oxygen atoms in total. The molecule has 6 heteroatoms. The summed E-state index contributed by atoms with van der Waals surface area (Å²) in [6.07, 6.45) is 2.97. The zero-order valence-corrected chi connectivity index (χ0v) is 10.5. The predicted octanol–water partition coefficient (Wildman–Crippen LogP) is 3.43. The average molecular weight is 260 g/mol. The van der Waals surface area contributed by atoms with E-state index in [9.17, 15) is 0 Å². The highest BCUT2D eigenvalue weighted by Crippen LogP contribution is 2.20. The average Bonchev–Trinajstić information content (AvgIpc) is 2.83. The van der Waals surface area contributed by atoms with E-state index < -0.39 is 0 Å². The zero-order chi connectivity index (χ0) is 10.7. The Morgan fingerprint density at radius 2 is 2.40 bits per heavy atom. The lowest BCUT2D eigenvalue weighted by atomic mass is 10.4. The molecule has 0 aliphatic carbocycles. The van der Waals surface area contributed by atoms with Gasteiger partial charge in [-0.05, 0) is 6.42 Å². The molecule has 2 heterocycles. The molecule has 0 amide bonds. The third-order valence-corrected chi connectivity index (χ3v) is 4.08. The molecule has 2 rings (SSSR count). The van der Waals surface area contributed by atoms with E-state index in [1.807, 2.05) is 11.6 Å². The summed E-state index contributed by atoms with van der Waals surface area (Å²) >= 11 is 8.95. The number of halogens is 1. The van der Waals surface area contributed by atoms with Crippen LogP contribution in [0.3, 0.4) is 0 Å². The summed E-state index contributed by atoms with van der Waals surface area (Å²) in [5, 5.41) is 7.46. The summed E-state index contributed by atoms with van der Waals surface area (Å²) in [5.41, 5.74) is 0. The lowest BCUT2D eigenvalue weighted by Crippen LogP contribution is -1.97. The van der Waals surface area contributed by atoms with Crippen LogP contribution >= 0.6 is 34.3 Å². The van der Waals surface area contributed by atoms with E-state index in [0.29, 0.717) is 11.7 Å². The lowest BCUT2D eigenvalue weighted by Gasteiger charge is -1.97. The fourth-order valence-corrected chi connectivity index (χ4v) is 2.72. The molecular weight excluding hydrogens is 250 g/mol. The summed E-state index contributed by atoms with van der Waals surface area (Å²) < 4.78 is 0. The van der Waals surface area contributed by atoms with Crippen molar-refractivity contribution in [3.8, 4) is 0 Å². The second-order valence-corrected chi connectivity index (χ2v) is 5.35. The van der Waals surface area contributed by atoms with Crippen molar-refractivity contribution in [3.63, 3.8) is 0 Å². The monoisotopic (exact) mass is 259 g/mol. The molecule has 15 heavy (non-hydrogen) atoms. The number of anilines is 1. The first-order valence-corrected chi connectivity index (χ1v) is 6.64. The van der Waals surface area contributed by atoms with Gasteiger partial charge in [-0.2, -0.15) is 0 Å². The van der Waals surface area contributed by atoms with Crippen molar-refractivity contribution >= 4 is 39.4 Å². The van der Waals surface area contributed by atoms with Gasteiger partial charge in [0.05, 0.1) is 6.54 Å². The van der Waals surface area contributed by atoms with Crippen molar-refractivity contribution < 1.29 is 0 Å². The highest BCUT2D eigenvalue weighted by Gasteiger charge is 2.02. The maximum absolute atomic E-state index is 5.71. The Balaban J connectivity index is 1.93. The SMILES string of the molecule is CCc1cnc(CNc2nc(Cl)cs2)s1. The maximum Gasteiger partial charge on any atom is 0.184 e. The molecule has 0 aliphatic heterocycles. The van der Waals surface area contributed by atoms with Gasteiger partial charge in [0.2, 0.25) is 0 Å². The largest absolute Gasteiger partial charge is 0.355 e. The van der Waals surface area contributed by atoms with Gasteiger partial charge in [0.25, 0.3) is 0 Å². The van der Waals surface area contributed by atoms with Gasteiger partial charge in [-0.25, -0.2) is 9.97 Å². The Morgan fingerprint density at radius 1 is 1.53 bits per heavy atom. The Kier molecular flexibility index (Phi) is 3.56. The number of rotatable bonds is 4. The van der Waals surface area contributed by atoms with Crippen LogP contribution in [0.5, 0.6) is 0 Å². The molecule has 2 aromatic rings. The van der Waals surface area contributed by atoms with Gasteiger partial charge in [-0.15, -0.1) is 22.7 Å². The van der Waals surface area contributed by atoms with Crippen LogP contribution in [0.4, 0.5) is 5.13 Å². The molecule has 0 aromatic carbocycles. The van der Waals surface area contributed by atoms with Gasteiger partial charge in [-0.3, -0.25) is 0 Å². The molecule has 1 N–H and O–H groups in total. The van der Waals surface area contributed by atoms with E-state index in [0.717, 1.165) is 16.6 Å². The van der Waals surface area contributed by atoms with Crippen molar-refractivity contribution in [2.45, 2.75) is 19.9 Å². The minimum absolute atomic E-state index is 0.538. The normalized spacial score (nSPS) is 10.5. The Hall–Kier alpha value is -0.650. The standard InChI is InChI=1S/C9H10ClN3S2/c1-2-6-3-11-8(15-6)4-12-9-13-7(10)5-14-9/h3,5H,2,4H2,1H3,(H,12,13). The van der Waals surface area contributed by atoms with Crippen molar-refractivity contribution in [1.29, 1.82) is 0 Å². The fraction of sp³-hybridized carbons (Fsp3) is 0.333. The van der Waals surface area contributed by atoms with Gasteiger partial charge in [0.15, 0.2) is 5.13 Å². The Bertz CT molecular complexity index is 438. The molecule has 0 radical (unpaired) electrons. The van der Waals surface area contributed by atoms with Crippen molar-refractivity contribution in [3.05, 3.63) is 26.6 Å². The van der Waals surface area contributed by atoms with Crippen molar-refractivity contribution in [2.24, 2.45) is 0 Å². The summed E-state index contributed by atoms with van der Waals surface area (Å²) in [5.74, 6) is 0. The molecule has 0 bridgehead atoms. The summed E-state index contributed by atoms with van der Waals surface area (Å²) in [6, 6.07) is 0. The van der Waals surface area contributed by atoms with Crippen LogP contribution in [0.15, 0.2) is 11.6 Å². The molecule has 0 saturated heterocycles. The van der Waals surface area contributed by atoms with Crippen LogP contribution in [0.1, 0.15) is 16.8 Å². The van der Waals surface area contributed by atoms with Crippen molar-refractivity contribution in [1.82, 2.24) is 9.97 Å². The molecule has 0 spiro atoms. The third-order valence-electron chi connectivity index (χ3n) is 1.82. The van der Waals surface area contributed by atoms with Crippen LogP contribution in [-0.2, 0) is 13.0 Å². The number of thiazole rings is 2. The summed E-state index contributed by atoms with van der Waals surface area (Å²) in [7, 11) is 0. The number of hydrogen-bond donors (Lipinski definition) is 1. The zero-order valence-electron chi connectivity index (χ0n) is 8.16. The molecule has 2 aromatic heterocycles. The topological polar surface area (TPSA) is 37.8 Å². The van der Waals surface area contributed by atoms with E-state index in [1.54, 1.807) is 11.3 Å². The van der Waals surface area contributed by atoms with Gasteiger partial charge in [0, 0.05) is 16.5 Å². The molecule has 0 saturated carbocycles. The molecular formula is C9H10ClN3S2. The van der Waals surface area contributed by atoms with Gasteiger partial charge in [0.1, 0.15) is 10.2 Å². The predicted molar refractivity (Wildman–Crippen MR) is 65.9 cm³/mol. The highest BCUT2D eigenvalue weighted by molar-refractivity contribution is 7.14. The Morgan fingerprint density at radius 3 is 3.00 bits per heavy atom. The van der Waals surface area contributed by atoms with E-state index >= 15 is 0 Å². The summed E-state index contributed by atoms with van der Waals surface area (Å²) in [4.78, 5) is 9.72. The number of hydrogen-bond acceptors (Lipinski definition) is 5. The van der Waals surface area contributed by atoms with Gasteiger partial charge < -0.3 is 5.32 Å². The first-order chi connectivity index (χ1) is 7.28. The van der Waals surface area contributed by atoms with E-state index in [1.165, 1.54) is 16.2 Å². The second-order valence-electron chi connectivity index (χ2n) is 2.90. The van der Waals surface area contributed by atoms with Crippen LogP contribution in [0.2, 0.25) is 5.15 Å². The van der Waals surface area contributed by atoms with Crippen LogP contribution in [-0.4, -0.2) is 9.97 Å².